The van der Waals surface area contributed by atoms with Crippen molar-refractivity contribution < 1.29 is 4.79 Å². The van der Waals surface area contributed by atoms with E-state index in [1.54, 1.807) is 6.07 Å². The van der Waals surface area contributed by atoms with Gasteiger partial charge in [0.05, 0.1) is 0 Å². The fourth-order valence-electron chi connectivity index (χ4n) is 2.53. The molecule has 1 aliphatic carbocycles. The highest BCUT2D eigenvalue weighted by atomic mass is 16.1. The van der Waals surface area contributed by atoms with E-state index in [-0.39, 0.29) is 5.91 Å². The van der Waals surface area contributed by atoms with Gasteiger partial charge in [-0.2, -0.15) is 0 Å². The lowest BCUT2D eigenvalue weighted by molar-refractivity contribution is 0.0937. The fraction of sp³-hybridized carbons (Fsp3) is 0.571. The number of aromatic nitrogens is 1. The molecule has 1 amide bonds. The van der Waals surface area contributed by atoms with Crippen LogP contribution in [-0.4, -0.2) is 16.9 Å². The monoisotopic (exact) mass is 247 g/mol. The van der Waals surface area contributed by atoms with Crippen molar-refractivity contribution in [3.63, 3.8) is 0 Å². The third kappa shape index (κ3) is 3.00. The van der Waals surface area contributed by atoms with E-state index in [1.165, 1.54) is 6.42 Å². The first-order valence-electron chi connectivity index (χ1n) is 6.65. The Hall–Kier alpha value is -1.58. The molecule has 1 fully saturated rings. The minimum absolute atomic E-state index is 0.0297. The Morgan fingerprint density at radius 3 is 2.89 bits per heavy atom. The summed E-state index contributed by atoms with van der Waals surface area (Å²) in [6.07, 6.45) is 4.14. The number of nitrogens with one attached hydrogen (secondary N) is 1. The molecule has 2 rings (SSSR count). The standard InChI is InChI=1S/C14H21N3O/c1-3-11-7-10(8-13(15)16-11)14(18)17-12-5-4-9(2)6-12/h7-9,12H,3-6H2,1-2H3,(H2,15,16)(H,17,18). The van der Waals surface area contributed by atoms with Crippen LogP contribution in [0.3, 0.4) is 0 Å². The van der Waals surface area contributed by atoms with Crippen LogP contribution in [0.4, 0.5) is 5.82 Å². The van der Waals surface area contributed by atoms with Crippen molar-refractivity contribution in [3.8, 4) is 0 Å². The second-order valence-electron chi connectivity index (χ2n) is 5.21. The summed E-state index contributed by atoms with van der Waals surface area (Å²) < 4.78 is 0. The molecule has 2 unspecified atom stereocenters. The van der Waals surface area contributed by atoms with Crippen molar-refractivity contribution in [2.24, 2.45) is 5.92 Å². The van der Waals surface area contributed by atoms with E-state index in [2.05, 4.69) is 17.2 Å². The fourth-order valence-corrected chi connectivity index (χ4v) is 2.53. The third-order valence-corrected chi connectivity index (χ3v) is 3.55. The van der Waals surface area contributed by atoms with E-state index in [1.807, 2.05) is 13.0 Å². The maximum Gasteiger partial charge on any atom is 0.251 e. The molecule has 18 heavy (non-hydrogen) atoms. The predicted octanol–water partition coefficient (Wildman–Crippen LogP) is 2.14. The molecule has 0 radical (unpaired) electrons. The molecular formula is C14H21N3O. The van der Waals surface area contributed by atoms with Gasteiger partial charge in [0.1, 0.15) is 5.82 Å². The van der Waals surface area contributed by atoms with Crippen molar-refractivity contribution >= 4 is 11.7 Å². The number of hydrogen-bond donors (Lipinski definition) is 2. The SMILES string of the molecule is CCc1cc(C(=O)NC2CCC(C)C2)cc(N)n1. The van der Waals surface area contributed by atoms with Gasteiger partial charge in [-0.3, -0.25) is 4.79 Å². The highest BCUT2D eigenvalue weighted by Crippen LogP contribution is 2.24. The maximum absolute atomic E-state index is 12.1. The van der Waals surface area contributed by atoms with Crippen LogP contribution in [-0.2, 0) is 6.42 Å². The summed E-state index contributed by atoms with van der Waals surface area (Å²) in [5, 5.41) is 3.08. The number of pyridine rings is 1. The maximum atomic E-state index is 12.1. The first-order valence-corrected chi connectivity index (χ1v) is 6.65. The Labute approximate surface area is 108 Å². The molecule has 3 N–H and O–H groups in total. The Balaban J connectivity index is 2.06. The van der Waals surface area contributed by atoms with Crippen molar-refractivity contribution in [1.29, 1.82) is 0 Å². The summed E-state index contributed by atoms with van der Waals surface area (Å²) in [7, 11) is 0. The summed E-state index contributed by atoms with van der Waals surface area (Å²) in [6.45, 7) is 4.23. The van der Waals surface area contributed by atoms with Crippen LogP contribution in [0, 0.1) is 5.92 Å². The van der Waals surface area contributed by atoms with Crippen molar-refractivity contribution in [3.05, 3.63) is 23.4 Å². The summed E-state index contributed by atoms with van der Waals surface area (Å²) in [4.78, 5) is 16.3. The van der Waals surface area contributed by atoms with Gasteiger partial charge in [0.25, 0.3) is 5.91 Å². The molecule has 0 aromatic carbocycles. The average Bonchev–Trinajstić information content (AvgIpc) is 2.73. The molecule has 1 heterocycles. The third-order valence-electron chi connectivity index (χ3n) is 3.55. The summed E-state index contributed by atoms with van der Waals surface area (Å²) in [5.41, 5.74) is 7.20. The molecule has 0 aliphatic heterocycles. The van der Waals surface area contributed by atoms with Crippen LogP contribution in [0.5, 0.6) is 0 Å². The predicted molar refractivity (Wildman–Crippen MR) is 72.3 cm³/mol. The lowest BCUT2D eigenvalue weighted by Gasteiger charge is -2.13. The number of nitrogen functional groups attached to an aromatic ring is 1. The topological polar surface area (TPSA) is 68.0 Å². The number of carbonyl (C=O) groups is 1. The number of hydrogen-bond acceptors (Lipinski definition) is 3. The molecule has 4 nitrogen and oxygen atoms in total. The number of rotatable bonds is 3. The van der Waals surface area contributed by atoms with Crippen molar-refractivity contribution in [1.82, 2.24) is 10.3 Å². The van der Waals surface area contributed by atoms with E-state index in [0.29, 0.717) is 23.3 Å². The zero-order chi connectivity index (χ0) is 13.1. The summed E-state index contributed by atoms with van der Waals surface area (Å²) in [5.74, 6) is 1.10. The van der Waals surface area contributed by atoms with Gasteiger partial charge in [-0.25, -0.2) is 4.98 Å². The average molecular weight is 247 g/mol. The quantitative estimate of drug-likeness (QED) is 0.860. The molecule has 1 aliphatic rings. The highest BCUT2D eigenvalue weighted by molar-refractivity contribution is 5.95. The molecule has 0 saturated heterocycles. The second-order valence-corrected chi connectivity index (χ2v) is 5.21. The van der Waals surface area contributed by atoms with Crippen LogP contribution < -0.4 is 11.1 Å². The minimum Gasteiger partial charge on any atom is -0.384 e. The van der Waals surface area contributed by atoms with Crippen LogP contribution in [0.15, 0.2) is 12.1 Å². The van der Waals surface area contributed by atoms with Gasteiger partial charge < -0.3 is 11.1 Å². The van der Waals surface area contributed by atoms with Gasteiger partial charge in [0.2, 0.25) is 0 Å². The van der Waals surface area contributed by atoms with Crippen LogP contribution in [0.2, 0.25) is 0 Å². The zero-order valence-electron chi connectivity index (χ0n) is 11.1. The van der Waals surface area contributed by atoms with Crippen LogP contribution in [0.1, 0.15) is 49.2 Å². The number of amides is 1. The Morgan fingerprint density at radius 1 is 1.50 bits per heavy atom. The number of aryl methyl sites for hydroxylation is 1. The first-order chi connectivity index (χ1) is 8.58. The normalized spacial score (nSPS) is 23.0. The molecule has 1 aromatic rings. The molecule has 0 spiro atoms. The van der Waals surface area contributed by atoms with Gasteiger partial charge in [-0.15, -0.1) is 0 Å². The number of carbonyl (C=O) groups excluding carboxylic acids is 1. The van der Waals surface area contributed by atoms with E-state index in [4.69, 9.17) is 5.73 Å². The van der Waals surface area contributed by atoms with E-state index < -0.39 is 0 Å². The smallest absolute Gasteiger partial charge is 0.251 e. The Kier molecular flexibility index (Phi) is 3.84. The first kappa shape index (κ1) is 12.9. The highest BCUT2D eigenvalue weighted by Gasteiger charge is 2.23. The number of nitrogens with zero attached hydrogens (tertiary/aromatic N) is 1. The van der Waals surface area contributed by atoms with Crippen molar-refractivity contribution in [2.75, 3.05) is 5.73 Å². The summed E-state index contributed by atoms with van der Waals surface area (Å²) >= 11 is 0. The van der Waals surface area contributed by atoms with Crippen LogP contribution >= 0.6 is 0 Å². The number of anilines is 1. The van der Waals surface area contributed by atoms with E-state index in [0.717, 1.165) is 25.0 Å². The molecule has 1 saturated carbocycles. The van der Waals surface area contributed by atoms with E-state index in [9.17, 15) is 4.79 Å². The van der Waals surface area contributed by atoms with Crippen molar-refractivity contribution in [2.45, 2.75) is 45.6 Å². The van der Waals surface area contributed by atoms with Crippen LogP contribution in [0.25, 0.3) is 0 Å². The Bertz CT molecular complexity index is 445. The summed E-state index contributed by atoms with van der Waals surface area (Å²) in [6, 6.07) is 3.78. The molecule has 1 aromatic heterocycles. The van der Waals surface area contributed by atoms with Gasteiger partial charge in [0, 0.05) is 17.3 Å². The number of nitrogens with two attached hydrogens (primary N) is 1. The van der Waals surface area contributed by atoms with E-state index >= 15 is 0 Å². The van der Waals surface area contributed by atoms with Gasteiger partial charge in [0.15, 0.2) is 0 Å². The molecule has 0 bridgehead atoms. The molecule has 4 heteroatoms. The van der Waals surface area contributed by atoms with Gasteiger partial charge in [-0.1, -0.05) is 13.8 Å². The van der Waals surface area contributed by atoms with Gasteiger partial charge in [-0.05, 0) is 43.7 Å². The van der Waals surface area contributed by atoms with Gasteiger partial charge >= 0.3 is 0 Å². The molecule has 2 atom stereocenters. The lowest BCUT2D eigenvalue weighted by Crippen LogP contribution is -2.33. The lowest BCUT2D eigenvalue weighted by atomic mass is 10.1. The Morgan fingerprint density at radius 2 is 2.28 bits per heavy atom. The molecular weight excluding hydrogens is 226 g/mol. The molecule has 98 valence electrons. The zero-order valence-corrected chi connectivity index (χ0v) is 11.1. The largest absolute Gasteiger partial charge is 0.384 e. The minimum atomic E-state index is -0.0297. The second kappa shape index (κ2) is 5.38.